The molecule has 1 heterocycles. The van der Waals surface area contributed by atoms with Gasteiger partial charge in [0.15, 0.2) is 0 Å². The normalized spacial score (nSPS) is 11.8. The fraction of sp³-hybridized carbons (Fsp3) is 0.0769. The Bertz CT molecular complexity index is 2260. The molecule has 0 N–H and O–H groups in total. The van der Waals surface area contributed by atoms with Crippen LogP contribution in [0.25, 0.3) is 74.7 Å². The summed E-state index contributed by atoms with van der Waals surface area (Å²) in [7, 11) is 0. The largest absolute Gasteiger partial charge is 0.135 e. The van der Waals surface area contributed by atoms with E-state index in [0.29, 0.717) is 0 Å². The first kappa shape index (κ1) is 23.4. The third-order valence-electron chi connectivity index (χ3n) is 8.59. The Morgan fingerprint density at radius 3 is 1.77 bits per heavy atom. The summed E-state index contributed by atoms with van der Waals surface area (Å²) in [6.07, 6.45) is 0.999. The van der Waals surface area contributed by atoms with Crippen LogP contribution in [-0.2, 0) is 6.42 Å². The monoisotopic (exact) mass is 528 g/mol. The third kappa shape index (κ3) is 3.44. The Hall–Kier alpha value is -4.46. The zero-order valence-electron chi connectivity index (χ0n) is 22.7. The van der Waals surface area contributed by atoms with Crippen LogP contribution in [-0.4, -0.2) is 0 Å². The fourth-order valence-corrected chi connectivity index (χ4v) is 7.87. The molecule has 1 aromatic heterocycles. The average Bonchev–Trinajstić information content (AvgIpc) is 3.40. The van der Waals surface area contributed by atoms with Crippen LogP contribution in [0.15, 0.2) is 121 Å². The van der Waals surface area contributed by atoms with Gasteiger partial charge in [-0.2, -0.15) is 0 Å². The highest BCUT2D eigenvalue weighted by atomic mass is 32.1. The van der Waals surface area contributed by atoms with E-state index in [0.717, 1.165) is 6.42 Å². The first-order valence-corrected chi connectivity index (χ1v) is 14.9. The third-order valence-corrected chi connectivity index (χ3v) is 9.81. The summed E-state index contributed by atoms with van der Waals surface area (Å²) in [5.74, 6) is 0. The maximum atomic E-state index is 2.46. The number of rotatable bonds is 3. The molecule has 0 fully saturated rings. The highest BCUT2D eigenvalue weighted by Crippen LogP contribution is 2.43. The van der Waals surface area contributed by atoms with Crippen LogP contribution in [0.4, 0.5) is 0 Å². The lowest BCUT2D eigenvalue weighted by Crippen LogP contribution is -1.93. The molecule has 0 amide bonds. The first-order chi connectivity index (χ1) is 19.7. The second kappa shape index (κ2) is 9.05. The zero-order valence-corrected chi connectivity index (χ0v) is 23.5. The first-order valence-electron chi connectivity index (χ1n) is 14.1. The molecule has 8 aromatic rings. The van der Waals surface area contributed by atoms with Crippen molar-refractivity contribution in [3.05, 3.63) is 132 Å². The van der Waals surface area contributed by atoms with E-state index in [1.807, 2.05) is 11.3 Å². The lowest BCUT2D eigenvalue weighted by atomic mass is 9.87. The molecule has 0 saturated carbocycles. The Morgan fingerprint density at radius 1 is 0.475 bits per heavy atom. The summed E-state index contributed by atoms with van der Waals surface area (Å²) in [4.78, 5) is 0. The van der Waals surface area contributed by atoms with E-state index in [1.54, 1.807) is 0 Å². The van der Waals surface area contributed by atoms with Crippen molar-refractivity contribution in [2.24, 2.45) is 0 Å². The van der Waals surface area contributed by atoms with Crippen molar-refractivity contribution in [2.75, 3.05) is 0 Å². The maximum absolute atomic E-state index is 2.46. The SMILES string of the molecule is CCc1ccc(-c2cccc3c2sc2ccccc23)cc1-c1cc2c3ccccc3c3ccccc3c2cc1C. The smallest absolute Gasteiger partial charge is 0.0433 e. The highest BCUT2D eigenvalue weighted by molar-refractivity contribution is 7.26. The molecule has 1 heteroatoms. The number of thiophene rings is 1. The summed E-state index contributed by atoms with van der Waals surface area (Å²) in [5, 5.41) is 10.6. The van der Waals surface area contributed by atoms with Gasteiger partial charge in [0, 0.05) is 20.2 Å². The van der Waals surface area contributed by atoms with Crippen LogP contribution < -0.4 is 0 Å². The molecule has 0 aliphatic rings. The van der Waals surface area contributed by atoms with Crippen LogP contribution >= 0.6 is 11.3 Å². The quantitative estimate of drug-likeness (QED) is 0.200. The van der Waals surface area contributed by atoms with Gasteiger partial charge in [-0.1, -0.05) is 110 Å². The van der Waals surface area contributed by atoms with Gasteiger partial charge in [-0.3, -0.25) is 0 Å². The fourth-order valence-electron chi connectivity index (χ4n) is 6.63. The Kier molecular flexibility index (Phi) is 5.30. The van der Waals surface area contributed by atoms with Gasteiger partial charge in [-0.25, -0.2) is 0 Å². The van der Waals surface area contributed by atoms with Gasteiger partial charge in [0.05, 0.1) is 0 Å². The summed E-state index contributed by atoms with van der Waals surface area (Å²) in [6, 6.07) is 45.2. The number of aryl methyl sites for hydroxylation is 2. The molecule has 0 saturated heterocycles. The topological polar surface area (TPSA) is 0 Å². The van der Waals surface area contributed by atoms with Crippen molar-refractivity contribution in [3.63, 3.8) is 0 Å². The van der Waals surface area contributed by atoms with Gasteiger partial charge >= 0.3 is 0 Å². The second-order valence-electron chi connectivity index (χ2n) is 10.8. The molecular weight excluding hydrogens is 500 g/mol. The summed E-state index contributed by atoms with van der Waals surface area (Å²) < 4.78 is 2.71. The number of hydrogen-bond acceptors (Lipinski definition) is 1. The molecule has 8 rings (SSSR count). The molecule has 0 nitrogen and oxygen atoms in total. The van der Waals surface area contributed by atoms with Gasteiger partial charge in [0.1, 0.15) is 0 Å². The number of hydrogen-bond donors (Lipinski definition) is 0. The van der Waals surface area contributed by atoms with Gasteiger partial charge in [-0.05, 0) is 97.2 Å². The minimum absolute atomic E-state index is 0.999. The van der Waals surface area contributed by atoms with Crippen molar-refractivity contribution >= 4 is 63.8 Å². The minimum atomic E-state index is 0.999. The molecular formula is C39H28S. The van der Waals surface area contributed by atoms with E-state index in [1.165, 1.54) is 85.9 Å². The second-order valence-corrected chi connectivity index (χ2v) is 11.9. The lowest BCUT2D eigenvalue weighted by Gasteiger charge is -2.17. The average molecular weight is 529 g/mol. The summed E-state index contributed by atoms with van der Waals surface area (Å²) in [6.45, 7) is 4.54. The molecule has 40 heavy (non-hydrogen) atoms. The van der Waals surface area contributed by atoms with Crippen LogP contribution in [0.3, 0.4) is 0 Å². The maximum Gasteiger partial charge on any atom is 0.0433 e. The lowest BCUT2D eigenvalue weighted by molar-refractivity contribution is 1.14. The van der Waals surface area contributed by atoms with Crippen LogP contribution in [0.5, 0.6) is 0 Å². The molecule has 0 radical (unpaired) electrons. The molecule has 0 aliphatic heterocycles. The van der Waals surface area contributed by atoms with Crippen molar-refractivity contribution in [1.82, 2.24) is 0 Å². The van der Waals surface area contributed by atoms with Crippen molar-refractivity contribution in [2.45, 2.75) is 20.3 Å². The zero-order chi connectivity index (χ0) is 26.8. The molecule has 7 aromatic carbocycles. The standard InChI is InChI=1S/C39H28S/c1-3-25-19-20-26(27-16-10-17-33-32-15-8-9-18-38(32)40-39(27)33)22-35(25)34-23-37-31-14-7-5-12-29(31)28-11-4-6-13-30(28)36(37)21-24(34)2/h4-23H,3H2,1-2H3. The molecule has 0 atom stereocenters. The van der Waals surface area contributed by atoms with E-state index in [4.69, 9.17) is 0 Å². The van der Waals surface area contributed by atoms with Crippen molar-refractivity contribution in [3.8, 4) is 22.3 Å². The number of fused-ring (bicyclic) bond motifs is 9. The molecule has 190 valence electrons. The van der Waals surface area contributed by atoms with Crippen LogP contribution in [0, 0.1) is 6.92 Å². The van der Waals surface area contributed by atoms with Gasteiger partial charge < -0.3 is 0 Å². The minimum Gasteiger partial charge on any atom is -0.135 e. The van der Waals surface area contributed by atoms with Gasteiger partial charge in [0.2, 0.25) is 0 Å². The van der Waals surface area contributed by atoms with Crippen LogP contribution in [0.1, 0.15) is 18.1 Å². The van der Waals surface area contributed by atoms with Gasteiger partial charge in [0.25, 0.3) is 0 Å². The summed E-state index contributed by atoms with van der Waals surface area (Å²) in [5.41, 5.74) is 7.98. The highest BCUT2D eigenvalue weighted by Gasteiger charge is 2.16. The van der Waals surface area contributed by atoms with E-state index >= 15 is 0 Å². The predicted octanol–water partition coefficient (Wildman–Crippen LogP) is 11.7. The molecule has 0 spiro atoms. The van der Waals surface area contributed by atoms with Gasteiger partial charge in [-0.15, -0.1) is 11.3 Å². The van der Waals surface area contributed by atoms with E-state index in [-0.39, 0.29) is 0 Å². The summed E-state index contributed by atoms with van der Waals surface area (Å²) >= 11 is 1.90. The molecule has 0 bridgehead atoms. The Labute approximate surface area is 238 Å². The predicted molar refractivity (Wildman–Crippen MR) is 177 cm³/mol. The van der Waals surface area contributed by atoms with Crippen LogP contribution in [0.2, 0.25) is 0 Å². The number of benzene rings is 7. The Balaban J connectivity index is 1.40. The van der Waals surface area contributed by atoms with E-state index in [9.17, 15) is 0 Å². The Morgan fingerprint density at radius 2 is 1.07 bits per heavy atom. The van der Waals surface area contributed by atoms with E-state index in [2.05, 4.69) is 135 Å². The van der Waals surface area contributed by atoms with E-state index < -0.39 is 0 Å². The van der Waals surface area contributed by atoms with Crippen molar-refractivity contribution in [1.29, 1.82) is 0 Å². The molecule has 0 unspecified atom stereocenters. The molecule has 0 aliphatic carbocycles. The van der Waals surface area contributed by atoms with Crippen molar-refractivity contribution < 1.29 is 0 Å².